The molecule has 1 aromatic rings. The summed E-state index contributed by atoms with van der Waals surface area (Å²) in [5.74, 6) is 0. The van der Waals surface area contributed by atoms with Gasteiger partial charge in [0.25, 0.3) is 10.0 Å². The topological polar surface area (TPSA) is 55.8 Å². The van der Waals surface area contributed by atoms with Crippen LogP contribution in [-0.4, -0.2) is 38.5 Å². The third-order valence-corrected chi connectivity index (χ3v) is 7.89. The van der Waals surface area contributed by atoms with Crippen molar-refractivity contribution < 1.29 is 17.9 Å². The summed E-state index contributed by atoms with van der Waals surface area (Å²) in [6.07, 6.45) is 4.82. The highest BCUT2D eigenvalue weighted by Gasteiger charge is 2.36. The Morgan fingerprint density at radius 3 is 2.55 bits per heavy atom. The maximum atomic E-state index is 13.1. The highest BCUT2D eigenvalue weighted by atomic mass is 32.2. The molecule has 2 aliphatic rings. The molecular formula is C15H23NO4S2. The van der Waals surface area contributed by atoms with Gasteiger partial charge in [0, 0.05) is 18.2 Å². The third kappa shape index (κ3) is 3.10. The molecule has 0 atom stereocenters. The minimum atomic E-state index is -3.48. The summed E-state index contributed by atoms with van der Waals surface area (Å²) in [4.78, 5) is 0. The third-order valence-electron chi connectivity index (χ3n) is 4.37. The summed E-state index contributed by atoms with van der Waals surface area (Å²) in [5.41, 5.74) is 0.650. The molecule has 0 unspecified atom stereocenters. The van der Waals surface area contributed by atoms with Crippen LogP contribution in [0.2, 0.25) is 0 Å². The Morgan fingerprint density at radius 2 is 1.91 bits per heavy atom. The molecule has 1 aromatic heterocycles. The van der Waals surface area contributed by atoms with Crippen LogP contribution in [0.15, 0.2) is 15.7 Å². The number of rotatable bonds is 5. The van der Waals surface area contributed by atoms with Crippen LogP contribution in [0.1, 0.15) is 50.9 Å². The van der Waals surface area contributed by atoms with Crippen molar-refractivity contribution in [1.29, 1.82) is 0 Å². The van der Waals surface area contributed by atoms with Gasteiger partial charge in [-0.25, -0.2) is 8.42 Å². The first-order chi connectivity index (χ1) is 10.6. The molecular weight excluding hydrogens is 322 g/mol. The Bertz CT molecular complexity index is 586. The average Bonchev–Trinajstić information content (AvgIpc) is 3.20. The van der Waals surface area contributed by atoms with Gasteiger partial charge in [0.1, 0.15) is 4.21 Å². The molecule has 0 N–H and O–H groups in total. The van der Waals surface area contributed by atoms with Gasteiger partial charge in [0.05, 0.1) is 13.2 Å². The van der Waals surface area contributed by atoms with E-state index in [1.807, 2.05) is 18.4 Å². The standard InChI is InChI=1S/C15H23NO4S2/c1-2-16(12-6-4-3-5-7-12)22(17,18)15-13(8-11-21-15)14-19-9-10-20-14/h8,11-12,14H,2-7,9-10H2,1H3. The van der Waals surface area contributed by atoms with Crippen molar-refractivity contribution in [1.82, 2.24) is 4.31 Å². The van der Waals surface area contributed by atoms with Crippen molar-refractivity contribution in [2.75, 3.05) is 19.8 Å². The first kappa shape index (κ1) is 16.4. The molecule has 22 heavy (non-hydrogen) atoms. The van der Waals surface area contributed by atoms with Crippen molar-refractivity contribution in [3.05, 3.63) is 17.0 Å². The van der Waals surface area contributed by atoms with Gasteiger partial charge in [-0.2, -0.15) is 4.31 Å². The largest absolute Gasteiger partial charge is 0.346 e. The predicted octanol–water partition coefficient (Wildman–Crippen LogP) is 3.14. The van der Waals surface area contributed by atoms with Crippen LogP contribution >= 0.6 is 11.3 Å². The lowest BCUT2D eigenvalue weighted by Crippen LogP contribution is -2.41. The zero-order valence-corrected chi connectivity index (χ0v) is 14.5. The molecule has 3 rings (SSSR count). The van der Waals surface area contributed by atoms with E-state index in [2.05, 4.69) is 0 Å². The van der Waals surface area contributed by atoms with Crippen LogP contribution in [-0.2, 0) is 19.5 Å². The molecule has 2 heterocycles. The monoisotopic (exact) mass is 345 g/mol. The van der Waals surface area contributed by atoms with Crippen LogP contribution in [0, 0.1) is 0 Å². The van der Waals surface area contributed by atoms with E-state index in [1.54, 1.807) is 4.31 Å². The molecule has 0 aromatic carbocycles. The minimum Gasteiger partial charge on any atom is -0.346 e. The molecule has 0 radical (unpaired) electrons. The minimum absolute atomic E-state index is 0.129. The summed E-state index contributed by atoms with van der Waals surface area (Å²) in [7, 11) is -3.48. The van der Waals surface area contributed by atoms with Gasteiger partial charge in [-0.1, -0.05) is 26.2 Å². The van der Waals surface area contributed by atoms with Crippen molar-refractivity contribution in [2.24, 2.45) is 0 Å². The summed E-state index contributed by atoms with van der Waals surface area (Å²) in [5, 5.41) is 1.81. The molecule has 5 nitrogen and oxygen atoms in total. The predicted molar refractivity (Wildman–Crippen MR) is 85.4 cm³/mol. The first-order valence-electron chi connectivity index (χ1n) is 7.97. The van der Waals surface area contributed by atoms with Gasteiger partial charge < -0.3 is 9.47 Å². The van der Waals surface area contributed by atoms with E-state index in [-0.39, 0.29) is 6.04 Å². The van der Waals surface area contributed by atoms with E-state index in [4.69, 9.17) is 9.47 Å². The fourth-order valence-corrected chi connectivity index (χ4v) is 6.52. The van der Waals surface area contributed by atoms with Gasteiger partial charge >= 0.3 is 0 Å². The molecule has 1 saturated heterocycles. The Hall–Kier alpha value is -0.470. The average molecular weight is 345 g/mol. The lowest BCUT2D eigenvalue weighted by molar-refractivity contribution is -0.0457. The van der Waals surface area contributed by atoms with Gasteiger partial charge in [-0.15, -0.1) is 11.3 Å². The Kier molecular flexibility index (Phi) is 5.19. The van der Waals surface area contributed by atoms with E-state index in [0.29, 0.717) is 29.5 Å². The van der Waals surface area contributed by atoms with Crippen LogP contribution < -0.4 is 0 Å². The van der Waals surface area contributed by atoms with E-state index >= 15 is 0 Å². The van der Waals surface area contributed by atoms with Crippen molar-refractivity contribution in [3.8, 4) is 0 Å². The van der Waals surface area contributed by atoms with Crippen LogP contribution in [0.5, 0.6) is 0 Å². The van der Waals surface area contributed by atoms with E-state index in [0.717, 1.165) is 25.7 Å². The molecule has 1 saturated carbocycles. The number of sulfonamides is 1. The summed E-state index contributed by atoms with van der Waals surface area (Å²) in [6, 6.07) is 1.94. The van der Waals surface area contributed by atoms with Crippen LogP contribution in [0.25, 0.3) is 0 Å². The maximum Gasteiger partial charge on any atom is 0.253 e. The van der Waals surface area contributed by atoms with Crippen molar-refractivity contribution in [2.45, 2.75) is 55.6 Å². The van der Waals surface area contributed by atoms with Gasteiger partial charge in [-0.3, -0.25) is 0 Å². The highest BCUT2D eigenvalue weighted by molar-refractivity contribution is 7.91. The quantitative estimate of drug-likeness (QED) is 0.823. The molecule has 1 aliphatic carbocycles. The Morgan fingerprint density at radius 1 is 1.23 bits per heavy atom. The summed E-state index contributed by atoms with van der Waals surface area (Å²) < 4.78 is 39.3. The summed E-state index contributed by atoms with van der Waals surface area (Å²) >= 11 is 1.26. The Labute approximate surface area is 136 Å². The van der Waals surface area contributed by atoms with E-state index in [1.165, 1.54) is 17.8 Å². The Balaban J connectivity index is 1.89. The zero-order valence-electron chi connectivity index (χ0n) is 12.9. The highest BCUT2D eigenvalue weighted by Crippen LogP contribution is 2.36. The second-order valence-electron chi connectivity index (χ2n) is 5.74. The van der Waals surface area contributed by atoms with Gasteiger partial charge in [-0.05, 0) is 24.3 Å². The number of nitrogens with zero attached hydrogens (tertiary/aromatic N) is 1. The SMILES string of the molecule is CCN(C1CCCCC1)S(=O)(=O)c1sccc1C1OCCO1. The second kappa shape index (κ2) is 6.97. The number of ether oxygens (including phenoxy) is 2. The smallest absolute Gasteiger partial charge is 0.253 e. The van der Waals surface area contributed by atoms with Crippen LogP contribution in [0.3, 0.4) is 0 Å². The van der Waals surface area contributed by atoms with Gasteiger partial charge in [0.15, 0.2) is 6.29 Å². The number of hydrogen-bond donors (Lipinski definition) is 0. The van der Waals surface area contributed by atoms with Crippen LogP contribution in [0.4, 0.5) is 0 Å². The first-order valence-corrected chi connectivity index (χ1v) is 10.3. The van der Waals surface area contributed by atoms with Crippen molar-refractivity contribution in [3.63, 3.8) is 0 Å². The fourth-order valence-electron chi connectivity index (χ4n) is 3.33. The normalized spacial score (nSPS) is 21.7. The fraction of sp³-hybridized carbons (Fsp3) is 0.733. The molecule has 0 bridgehead atoms. The second-order valence-corrected chi connectivity index (χ2v) is 8.74. The molecule has 2 fully saturated rings. The molecule has 0 spiro atoms. The van der Waals surface area contributed by atoms with Gasteiger partial charge in [0.2, 0.25) is 0 Å². The molecule has 124 valence electrons. The number of thiophene rings is 1. The zero-order chi connectivity index (χ0) is 15.6. The molecule has 1 aliphatic heterocycles. The summed E-state index contributed by atoms with van der Waals surface area (Å²) in [6.45, 7) is 3.46. The maximum absolute atomic E-state index is 13.1. The van der Waals surface area contributed by atoms with E-state index < -0.39 is 16.3 Å². The molecule has 0 amide bonds. The lowest BCUT2D eigenvalue weighted by atomic mass is 9.95. The number of hydrogen-bond acceptors (Lipinski definition) is 5. The van der Waals surface area contributed by atoms with E-state index in [9.17, 15) is 8.42 Å². The lowest BCUT2D eigenvalue weighted by Gasteiger charge is -2.32. The van der Waals surface area contributed by atoms with Crippen molar-refractivity contribution >= 4 is 21.4 Å². The molecule has 7 heteroatoms.